The van der Waals surface area contributed by atoms with Gasteiger partial charge in [-0.3, -0.25) is 0 Å². The first-order valence-electron chi connectivity index (χ1n) is 3.88. The van der Waals surface area contributed by atoms with Gasteiger partial charge in [-0.25, -0.2) is 8.78 Å². The molecule has 0 spiro atoms. The minimum Gasteiger partial charge on any atom is -0.397 e. The Kier molecular flexibility index (Phi) is 2.82. The third-order valence-electron chi connectivity index (χ3n) is 1.79. The number of halogens is 2. The molecule has 0 heterocycles. The maximum Gasteiger partial charge on any atom is 0.132 e. The van der Waals surface area contributed by atoms with Gasteiger partial charge in [0.1, 0.15) is 11.6 Å². The molecule has 0 bridgehead atoms. The first kappa shape index (κ1) is 10.2. The van der Waals surface area contributed by atoms with Crippen molar-refractivity contribution in [1.29, 1.82) is 5.26 Å². The van der Waals surface area contributed by atoms with Crippen LogP contribution >= 0.6 is 0 Å². The van der Waals surface area contributed by atoms with Gasteiger partial charge in [0.2, 0.25) is 0 Å². The molecular weight excluding hydrogens is 186 g/mol. The number of nitrogens with two attached hydrogens (primary N) is 1. The van der Waals surface area contributed by atoms with E-state index in [1.54, 1.807) is 6.07 Å². The van der Waals surface area contributed by atoms with Crippen molar-refractivity contribution in [3.05, 3.63) is 41.0 Å². The second kappa shape index (κ2) is 3.88. The molecule has 4 heteroatoms. The van der Waals surface area contributed by atoms with E-state index in [0.717, 1.165) is 18.2 Å². The molecule has 0 aliphatic carbocycles. The zero-order chi connectivity index (χ0) is 10.7. The van der Waals surface area contributed by atoms with Gasteiger partial charge in [0.05, 0.1) is 17.3 Å². The quantitative estimate of drug-likeness (QED) is 0.696. The molecular formula is C10H8F2N2. The van der Waals surface area contributed by atoms with Crippen LogP contribution in [0.1, 0.15) is 12.5 Å². The lowest BCUT2D eigenvalue weighted by Gasteiger charge is -2.04. The second-order valence-electron chi connectivity index (χ2n) is 2.77. The van der Waals surface area contributed by atoms with Crippen molar-refractivity contribution < 1.29 is 8.78 Å². The number of hydrogen-bond donors (Lipinski definition) is 1. The standard InChI is InChI=1S/C10H8F2N2/c1-6(5-13)10(14)8-4-7(11)2-3-9(8)12/h2-4H,14H2,1H3/b10-6-. The Morgan fingerprint density at radius 1 is 1.43 bits per heavy atom. The molecule has 2 nitrogen and oxygen atoms in total. The van der Waals surface area contributed by atoms with Crippen molar-refractivity contribution >= 4 is 5.70 Å². The minimum absolute atomic E-state index is 0.0375. The molecule has 0 aliphatic rings. The Morgan fingerprint density at radius 3 is 2.64 bits per heavy atom. The fourth-order valence-electron chi connectivity index (χ4n) is 0.966. The van der Waals surface area contributed by atoms with Crippen molar-refractivity contribution in [2.45, 2.75) is 6.92 Å². The Bertz CT molecular complexity index is 430. The molecule has 72 valence electrons. The van der Waals surface area contributed by atoms with E-state index in [9.17, 15) is 8.78 Å². The highest BCUT2D eigenvalue weighted by molar-refractivity contribution is 5.68. The van der Waals surface area contributed by atoms with Crippen LogP contribution in [0.3, 0.4) is 0 Å². The number of benzene rings is 1. The van der Waals surface area contributed by atoms with Gasteiger partial charge in [0.25, 0.3) is 0 Å². The summed E-state index contributed by atoms with van der Waals surface area (Å²) in [6, 6.07) is 4.71. The average molecular weight is 194 g/mol. The van der Waals surface area contributed by atoms with Crippen LogP contribution in [0.2, 0.25) is 0 Å². The number of allylic oxidation sites excluding steroid dienone is 1. The lowest BCUT2D eigenvalue weighted by atomic mass is 10.1. The van der Waals surface area contributed by atoms with Gasteiger partial charge >= 0.3 is 0 Å². The van der Waals surface area contributed by atoms with Crippen molar-refractivity contribution in [3.63, 3.8) is 0 Å². The summed E-state index contributed by atoms with van der Waals surface area (Å²) in [6.07, 6.45) is 0. The van der Waals surface area contributed by atoms with E-state index in [4.69, 9.17) is 11.0 Å². The highest BCUT2D eigenvalue weighted by atomic mass is 19.1. The summed E-state index contributed by atoms with van der Waals surface area (Å²) < 4.78 is 25.9. The number of hydrogen-bond acceptors (Lipinski definition) is 2. The Balaban J connectivity index is 3.34. The van der Waals surface area contributed by atoms with E-state index in [1.807, 2.05) is 0 Å². The van der Waals surface area contributed by atoms with Crippen LogP contribution in [0.4, 0.5) is 8.78 Å². The SMILES string of the molecule is C/C(C#N)=C(/N)c1cc(F)ccc1F. The van der Waals surface area contributed by atoms with Gasteiger partial charge in [-0.15, -0.1) is 0 Å². The summed E-state index contributed by atoms with van der Waals surface area (Å²) in [5.74, 6) is -1.23. The average Bonchev–Trinajstić information content (AvgIpc) is 2.19. The van der Waals surface area contributed by atoms with E-state index in [1.165, 1.54) is 6.92 Å². The zero-order valence-electron chi connectivity index (χ0n) is 7.51. The Labute approximate surface area is 80.3 Å². The monoisotopic (exact) mass is 194 g/mol. The van der Waals surface area contributed by atoms with E-state index in [2.05, 4.69) is 0 Å². The second-order valence-corrected chi connectivity index (χ2v) is 2.77. The van der Waals surface area contributed by atoms with Gasteiger partial charge < -0.3 is 5.73 Å². The van der Waals surface area contributed by atoms with Crippen molar-refractivity contribution in [1.82, 2.24) is 0 Å². The summed E-state index contributed by atoms with van der Waals surface area (Å²) >= 11 is 0. The molecule has 0 aliphatic heterocycles. The lowest BCUT2D eigenvalue weighted by molar-refractivity contribution is 0.596. The molecule has 14 heavy (non-hydrogen) atoms. The highest BCUT2D eigenvalue weighted by Crippen LogP contribution is 2.17. The minimum atomic E-state index is -0.640. The molecule has 2 N–H and O–H groups in total. The van der Waals surface area contributed by atoms with Crippen LogP contribution in [0.5, 0.6) is 0 Å². The highest BCUT2D eigenvalue weighted by Gasteiger charge is 2.08. The molecule has 0 unspecified atom stereocenters. The molecule has 1 aromatic carbocycles. The summed E-state index contributed by atoms with van der Waals surface area (Å²) in [5, 5.41) is 8.52. The molecule has 0 amide bonds. The van der Waals surface area contributed by atoms with Crippen LogP contribution in [-0.4, -0.2) is 0 Å². The maximum atomic E-state index is 13.1. The van der Waals surface area contributed by atoms with E-state index >= 15 is 0 Å². The topological polar surface area (TPSA) is 49.8 Å². The smallest absolute Gasteiger partial charge is 0.132 e. The molecule has 1 aromatic rings. The summed E-state index contributed by atoms with van der Waals surface area (Å²) in [6.45, 7) is 1.44. The zero-order valence-corrected chi connectivity index (χ0v) is 7.51. The third-order valence-corrected chi connectivity index (χ3v) is 1.79. The van der Waals surface area contributed by atoms with Crippen LogP contribution in [0.15, 0.2) is 23.8 Å². The molecule has 0 radical (unpaired) electrons. The molecule has 0 saturated carbocycles. The number of nitrogens with zero attached hydrogens (tertiary/aromatic N) is 1. The number of rotatable bonds is 1. The first-order valence-corrected chi connectivity index (χ1v) is 3.88. The van der Waals surface area contributed by atoms with Crippen LogP contribution in [0.25, 0.3) is 5.70 Å². The first-order chi connectivity index (χ1) is 6.56. The van der Waals surface area contributed by atoms with E-state index in [0.29, 0.717) is 0 Å². The molecule has 1 rings (SSSR count). The third kappa shape index (κ3) is 1.88. The van der Waals surface area contributed by atoms with Gasteiger partial charge in [0.15, 0.2) is 0 Å². The number of nitriles is 1. The fraction of sp³-hybridized carbons (Fsp3) is 0.100. The van der Waals surface area contributed by atoms with Gasteiger partial charge in [-0.2, -0.15) is 5.26 Å². The van der Waals surface area contributed by atoms with E-state index < -0.39 is 11.6 Å². The predicted molar refractivity (Wildman–Crippen MR) is 48.8 cm³/mol. The van der Waals surface area contributed by atoms with Gasteiger partial charge in [-0.05, 0) is 25.1 Å². The lowest BCUT2D eigenvalue weighted by Crippen LogP contribution is -2.02. The molecule has 0 fully saturated rings. The summed E-state index contributed by atoms with van der Waals surface area (Å²) in [7, 11) is 0. The van der Waals surface area contributed by atoms with Crippen molar-refractivity contribution in [2.24, 2.45) is 5.73 Å². The van der Waals surface area contributed by atoms with Crippen LogP contribution in [0, 0.1) is 23.0 Å². The normalized spacial score (nSPS) is 11.9. The predicted octanol–water partition coefficient (Wildman–Crippen LogP) is 2.18. The van der Waals surface area contributed by atoms with Crippen molar-refractivity contribution in [3.8, 4) is 6.07 Å². The molecule has 0 atom stereocenters. The molecule has 0 saturated heterocycles. The Hall–Kier alpha value is -1.89. The van der Waals surface area contributed by atoms with Gasteiger partial charge in [0, 0.05) is 5.56 Å². The largest absolute Gasteiger partial charge is 0.397 e. The maximum absolute atomic E-state index is 13.1. The summed E-state index contributed by atoms with van der Waals surface area (Å²) in [5.41, 5.74) is 5.51. The van der Waals surface area contributed by atoms with Crippen LogP contribution < -0.4 is 5.73 Å². The van der Waals surface area contributed by atoms with Crippen molar-refractivity contribution in [2.75, 3.05) is 0 Å². The van der Waals surface area contributed by atoms with Gasteiger partial charge in [-0.1, -0.05) is 0 Å². The summed E-state index contributed by atoms with van der Waals surface area (Å²) in [4.78, 5) is 0. The van der Waals surface area contributed by atoms with Crippen LogP contribution in [-0.2, 0) is 0 Å². The molecule has 0 aromatic heterocycles. The van der Waals surface area contributed by atoms with E-state index in [-0.39, 0.29) is 16.8 Å². The Morgan fingerprint density at radius 2 is 2.07 bits per heavy atom. The fourth-order valence-corrected chi connectivity index (χ4v) is 0.966.